The maximum absolute atomic E-state index is 12.4. The molecule has 0 amide bonds. The van der Waals surface area contributed by atoms with E-state index in [-0.39, 0.29) is 6.07 Å². The summed E-state index contributed by atoms with van der Waals surface area (Å²) < 4.78 is 68.0. The van der Waals surface area contributed by atoms with E-state index in [1.165, 1.54) is 0 Å². The molecule has 0 bridgehead atoms. The minimum absolute atomic E-state index is 0.275. The minimum atomic E-state index is -5.04. The topological polar surface area (TPSA) is 51.3 Å². The van der Waals surface area contributed by atoms with Gasteiger partial charge in [0, 0.05) is 6.07 Å². The number of ether oxygens (including phenoxy) is 2. The van der Waals surface area contributed by atoms with Crippen LogP contribution >= 0.6 is 0 Å². The lowest BCUT2D eigenvalue weighted by molar-refractivity contribution is -0.276. The molecule has 0 radical (unpaired) electrons. The smallest absolute Gasteiger partial charge is 0.482 e. The molecule has 1 aromatic heterocycles. The number of pyridine rings is 1. The zero-order valence-electron chi connectivity index (χ0n) is 8.27. The predicted octanol–water partition coefficient (Wildman–Crippen LogP) is 2.22. The van der Waals surface area contributed by atoms with E-state index in [9.17, 15) is 26.7 Å². The summed E-state index contributed by atoms with van der Waals surface area (Å²) in [6.45, 7) is 0. The predicted molar refractivity (Wildman–Crippen MR) is 45.3 cm³/mol. The van der Waals surface area contributed by atoms with Crippen LogP contribution in [0, 0.1) is 0 Å². The van der Waals surface area contributed by atoms with Crippen molar-refractivity contribution in [2.45, 2.75) is 12.8 Å². The molecule has 0 aliphatic heterocycles. The number of H-pyrrole nitrogens is 1. The van der Waals surface area contributed by atoms with Crippen molar-refractivity contribution in [3.05, 3.63) is 21.9 Å². The largest absolute Gasteiger partial charge is 0.574 e. The summed E-state index contributed by atoms with van der Waals surface area (Å²) in [4.78, 5) is 12.9. The van der Waals surface area contributed by atoms with Crippen LogP contribution in [-0.2, 0) is 0 Å². The Morgan fingerprint density at radius 3 is 2.35 bits per heavy atom. The van der Waals surface area contributed by atoms with E-state index in [0.717, 1.165) is 7.11 Å². The Morgan fingerprint density at radius 2 is 1.94 bits per heavy atom. The quantitative estimate of drug-likeness (QED) is 0.847. The number of rotatable bonds is 3. The van der Waals surface area contributed by atoms with E-state index in [4.69, 9.17) is 0 Å². The van der Waals surface area contributed by atoms with Gasteiger partial charge in [0.15, 0.2) is 5.43 Å². The summed E-state index contributed by atoms with van der Waals surface area (Å²) >= 11 is 0. The molecule has 1 heterocycles. The first-order chi connectivity index (χ1) is 7.74. The fourth-order valence-corrected chi connectivity index (χ4v) is 1.07. The number of aromatic amines is 1. The maximum atomic E-state index is 12.4. The molecule has 0 aromatic carbocycles. The van der Waals surface area contributed by atoms with Crippen LogP contribution in [0.2, 0.25) is 0 Å². The molecule has 9 heteroatoms. The molecule has 1 aromatic rings. The van der Waals surface area contributed by atoms with Crippen LogP contribution in [0.1, 0.15) is 12.0 Å². The SMILES string of the molecule is COc1[nH]c(OC(F)(F)F)cc(=O)c1C(F)F. The molecular weight excluding hydrogens is 253 g/mol. The number of alkyl halides is 5. The maximum Gasteiger partial charge on any atom is 0.574 e. The first-order valence-corrected chi connectivity index (χ1v) is 4.09. The van der Waals surface area contributed by atoms with E-state index < -0.39 is 35.5 Å². The molecule has 0 fully saturated rings. The number of hydrogen-bond acceptors (Lipinski definition) is 3. The van der Waals surface area contributed by atoms with Crippen molar-refractivity contribution in [1.29, 1.82) is 0 Å². The number of halogens is 5. The van der Waals surface area contributed by atoms with Crippen molar-refractivity contribution in [1.82, 2.24) is 4.98 Å². The Balaban J connectivity index is 3.23. The van der Waals surface area contributed by atoms with Gasteiger partial charge in [-0.05, 0) is 0 Å². The second kappa shape index (κ2) is 4.60. The molecule has 1 rings (SSSR count). The van der Waals surface area contributed by atoms with Gasteiger partial charge in [0.25, 0.3) is 6.43 Å². The highest BCUT2D eigenvalue weighted by atomic mass is 19.4. The molecule has 0 saturated heterocycles. The van der Waals surface area contributed by atoms with Gasteiger partial charge in [-0.25, -0.2) is 8.78 Å². The zero-order chi connectivity index (χ0) is 13.2. The molecule has 0 aliphatic carbocycles. The monoisotopic (exact) mass is 259 g/mol. The third-order valence-corrected chi connectivity index (χ3v) is 1.66. The molecule has 0 atom stereocenters. The Hall–Kier alpha value is -1.80. The van der Waals surface area contributed by atoms with Gasteiger partial charge in [0.1, 0.15) is 5.56 Å². The highest BCUT2D eigenvalue weighted by Crippen LogP contribution is 2.27. The lowest BCUT2D eigenvalue weighted by Gasteiger charge is -2.12. The van der Waals surface area contributed by atoms with Gasteiger partial charge in [0.05, 0.1) is 7.11 Å². The van der Waals surface area contributed by atoms with E-state index in [1.54, 1.807) is 4.98 Å². The lowest BCUT2D eigenvalue weighted by Crippen LogP contribution is -2.21. The van der Waals surface area contributed by atoms with Crippen molar-refractivity contribution >= 4 is 0 Å². The molecule has 0 aliphatic rings. The van der Waals surface area contributed by atoms with E-state index in [1.807, 2.05) is 0 Å². The van der Waals surface area contributed by atoms with Gasteiger partial charge >= 0.3 is 6.36 Å². The molecule has 0 spiro atoms. The molecular formula is C8H6F5NO3. The second-order valence-electron chi connectivity index (χ2n) is 2.79. The van der Waals surface area contributed by atoms with Gasteiger partial charge in [-0.15, -0.1) is 13.2 Å². The second-order valence-corrected chi connectivity index (χ2v) is 2.79. The van der Waals surface area contributed by atoms with Gasteiger partial charge < -0.3 is 9.47 Å². The van der Waals surface area contributed by atoms with E-state index in [2.05, 4.69) is 9.47 Å². The molecule has 0 saturated carbocycles. The van der Waals surface area contributed by atoms with Crippen molar-refractivity contribution in [3.8, 4) is 11.8 Å². The summed E-state index contributed by atoms with van der Waals surface area (Å²) in [7, 11) is 0.925. The van der Waals surface area contributed by atoms with Crippen molar-refractivity contribution < 1.29 is 31.4 Å². The van der Waals surface area contributed by atoms with E-state index in [0.29, 0.717) is 0 Å². The first kappa shape index (κ1) is 13.3. The van der Waals surface area contributed by atoms with Crippen LogP contribution in [-0.4, -0.2) is 18.5 Å². The average molecular weight is 259 g/mol. The van der Waals surface area contributed by atoms with Crippen LogP contribution in [0.3, 0.4) is 0 Å². The number of methoxy groups -OCH3 is 1. The van der Waals surface area contributed by atoms with E-state index >= 15 is 0 Å². The molecule has 17 heavy (non-hydrogen) atoms. The van der Waals surface area contributed by atoms with Crippen LogP contribution in [0.25, 0.3) is 0 Å². The summed E-state index contributed by atoms with van der Waals surface area (Å²) in [5.41, 5.74) is -2.36. The Morgan fingerprint density at radius 1 is 1.35 bits per heavy atom. The first-order valence-electron chi connectivity index (χ1n) is 4.09. The van der Waals surface area contributed by atoms with Crippen LogP contribution in [0.4, 0.5) is 22.0 Å². The molecule has 0 unspecified atom stereocenters. The van der Waals surface area contributed by atoms with Crippen molar-refractivity contribution in [2.24, 2.45) is 0 Å². The van der Waals surface area contributed by atoms with Crippen molar-refractivity contribution in [3.63, 3.8) is 0 Å². The van der Waals surface area contributed by atoms with Gasteiger partial charge in [0.2, 0.25) is 11.8 Å². The fourth-order valence-electron chi connectivity index (χ4n) is 1.07. The molecule has 4 nitrogen and oxygen atoms in total. The normalized spacial score (nSPS) is 11.7. The lowest BCUT2D eigenvalue weighted by atomic mass is 10.2. The van der Waals surface area contributed by atoms with Crippen LogP contribution in [0.5, 0.6) is 11.8 Å². The molecule has 1 N–H and O–H groups in total. The number of aromatic nitrogens is 1. The Kier molecular flexibility index (Phi) is 3.59. The summed E-state index contributed by atoms with van der Waals surface area (Å²) in [5, 5.41) is 0. The third-order valence-electron chi connectivity index (χ3n) is 1.66. The summed E-state index contributed by atoms with van der Waals surface area (Å²) in [6, 6.07) is 0.275. The highest BCUT2D eigenvalue weighted by Gasteiger charge is 2.32. The van der Waals surface area contributed by atoms with Gasteiger partial charge in [-0.2, -0.15) is 0 Å². The average Bonchev–Trinajstić information content (AvgIpc) is 2.12. The number of nitrogens with one attached hydrogen (secondary N) is 1. The fraction of sp³-hybridized carbons (Fsp3) is 0.375. The summed E-state index contributed by atoms with van der Waals surface area (Å²) in [5.74, 6) is -1.80. The van der Waals surface area contributed by atoms with Crippen LogP contribution in [0.15, 0.2) is 10.9 Å². The van der Waals surface area contributed by atoms with Gasteiger partial charge in [-0.1, -0.05) is 0 Å². The Bertz CT molecular complexity index is 453. The third kappa shape index (κ3) is 3.33. The molecule has 96 valence electrons. The van der Waals surface area contributed by atoms with Gasteiger partial charge in [-0.3, -0.25) is 9.78 Å². The minimum Gasteiger partial charge on any atom is -0.482 e. The number of hydrogen-bond donors (Lipinski definition) is 1. The summed E-state index contributed by atoms with van der Waals surface area (Å²) in [6.07, 6.45) is -8.21. The highest BCUT2D eigenvalue weighted by molar-refractivity contribution is 5.31. The Labute approximate surface area is 91.0 Å². The van der Waals surface area contributed by atoms with Crippen molar-refractivity contribution in [2.75, 3.05) is 7.11 Å². The van der Waals surface area contributed by atoms with Crippen LogP contribution < -0.4 is 14.9 Å². The zero-order valence-corrected chi connectivity index (χ0v) is 8.27. The standard InChI is InChI=1S/C8H6F5NO3/c1-16-7-5(6(9)10)3(15)2-4(14-7)17-8(11,12)13/h2,6H,1H3,(H,14,15).